The van der Waals surface area contributed by atoms with Crippen LogP contribution in [0.15, 0.2) is 54.6 Å². The van der Waals surface area contributed by atoms with Gasteiger partial charge >= 0.3 is 13.8 Å². The van der Waals surface area contributed by atoms with Crippen molar-refractivity contribution < 1.29 is 42.7 Å². The van der Waals surface area contributed by atoms with Crippen LogP contribution in [0.5, 0.6) is 23.0 Å². The lowest BCUT2D eigenvalue weighted by molar-refractivity contribution is 0.0224. The summed E-state index contributed by atoms with van der Waals surface area (Å²) < 4.78 is 33.3. The van der Waals surface area contributed by atoms with Crippen molar-refractivity contribution in [1.29, 1.82) is 0 Å². The first-order valence-corrected chi connectivity index (χ1v) is 10.9. The van der Waals surface area contributed by atoms with Gasteiger partial charge in [-0.15, -0.1) is 0 Å². The Bertz CT molecular complexity index is 1340. The van der Waals surface area contributed by atoms with Gasteiger partial charge in [0.2, 0.25) is 0 Å². The van der Waals surface area contributed by atoms with E-state index in [4.69, 9.17) is 14.2 Å². The Hall–Kier alpha value is -3.65. The number of phosphoric ester groups is 1. The highest BCUT2D eigenvalue weighted by molar-refractivity contribution is 7.46. The minimum atomic E-state index is -4.96. The summed E-state index contributed by atoms with van der Waals surface area (Å²) in [6.45, 7) is 0. The van der Waals surface area contributed by atoms with Gasteiger partial charge in [0, 0.05) is 22.8 Å². The molecular weight excluding hydrogens is 439 g/mol. The van der Waals surface area contributed by atoms with E-state index in [2.05, 4.69) is 4.52 Å². The second kappa shape index (κ2) is 6.93. The summed E-state index contributed by atoms with van der Waals surface area (Å²) in [5.74, 6) is -0.270. The minimum absolute atomic E-state index is 0.0452. The van der Waals surface area contributed by atoms with E-state index in [0.29, 0.717) is 34.3 Å². The van der Waals surface area contributed by atoms with Gasteiger partial charge in [0.1, 0.15) is 28.6 Å². The van der Waals surface area contributed by atoms with E-state index in [0.717, 1.165) is 0 Å². The summed E-state index contributed by atoms with van der Waals surface area (Å²) in [5, 5.41) is 0. The Balaban J connectivity index is 1.85. The molecule has 0 aliphatic carbocycles. The fraction of sp³-hybridized carbons (Fsp3) is 0.0909. The van der Waals surface area contributed by atoms with Crippen molar-refractivity contribution in [2.45, 2.75) is 5.60 Å². The third kappa shape index (κ3) is 2.83. The number of aldehydes is 1. The van der Waals surface area contributed by atoms with E-state index in [1.165, 1.54) is 19.2 Å². The monoisotopic (exact) mass is 454 g/mol. The van der Waals surface area contributed by atoms with Crippen LogP contribution in [0.4, 0.5) is 0 Å². The number of phosphoric acid groups is 1. The summed E-state index contributed by atoms with van der Waals surface area (Å²) in [5.41, 5.74) is 0.0329. The average Bonchev–Trinajstić information content (AvgIpc) is 3.05. The summed E-state index contributed by atoms with van der Waals surface area (Å²) in [6, 6.07) is 14.5. The van der Waals surface area contributed by atoms with E-state index < -0.39 is 19.4 Å². The Kier molecular flexibility index (Phi) is 4.39. The number of hydrogen-bond donors (Lipinski definition) is 2. The molecule has 10 heteroatoms. The zero-order chi connectivity index (χ0) is 22.7. The van der Waals surface area contributed by atoms with Gasteiger partial charge in [-0.2, -0.15) is 0 Å². The fourth-order valence-corrected chi connectivity index (χ4v) is 4.58. The van der Waals surface area contributed by atoms with Gasteiger partial charge in [-0.1, -0.05) is 18.2 Å². The maximum atomic E-state index is 12.8. The van der Waals surface area contributed by atoms with Crippen LogP contribution in [0.2, 0.25) is 0 Å². The molecule has 2 aliphatic heterocycles. The molecule has 162 valence electrons. The van der Waals surface area contributed by atoms with Crippen molar-refractivity contribution in [3.8, 4) is 23.0 Å². The molecule has 0 fully saturated rings. The second-order valence-corrected chi connectivity index (χ2v) is 8.30. The Morgan fingerprint density at radius 1 is 1.03 bits per heavy atom. The highest BCUT2D eigenvalue weighted by Crippen LogP contribution is 2.58. The number of hydrogen-bond acceptors (Lipinski definition) is 7. The molecule has 2 aliphatic rings. The third-order valence-electron chi connectivity index (χ3n) is 5.42. The zero-order valence-corrected chi connectivity index (χ0v) is 17.4. The van der Waals surface area contributed by atoms with Gasteiger partial charge in [0.25, 0.3) is 0 Å². The lowest BCUT2D eigenvalue weighted by Gasteiger charge is -2.37. The molecule has 0 amide bonds. The van der Waals surface area contributed by atoms with Gasteiger partial charge < -0.3 is 18.7 Å². The second-order valence-electron chi connectivity index (χ2n) is 7.13. The molecule has 3 aromatic rings. The Labute approximate surface area is 181 Å². The molecule has 32 heavy (non-hydrogen) atoms. The van der Waals surface area contributed by atoms with Crippen LogP contribution in [0, 0.1) is 0 Å². The molecule has 1 spiro atoms. The number of rotatable bonds is 4. The van der Waals surface area contributed by atoms with Crippen molar-refractivity contribution in [1.82, 2.24) is 0 Å². The van der Waals surface area contributed by atoms with Crippen molar-refractivity contribution in [2.24, 2.45) is 0 Å². The molecule has 0 aromatic heterocycles. The number of ether oxygens (including phenoxy) is 3. The minimum Gasteiger partial charge on any atom is -0.497 e. The van der Waals surface area contributed by atoms with Crippen LogP contribution in [0.1, 0.15) is 37.4 Å². The van der Waals surface area contributed by atoms with E-state index in [1.54, 1.807) is 42.5 Å². The lowest BCUT2D eigenvalue weighted by atomic mass is 9.77. The largest absolute Gasteiger partial charge is 0.524 e. The van der Waals surface area contributed by atoms with Gasteiger partial charge in [-0.3, -0.25) is 14.6 Å². The molecule has 1 unspecified atom stereocenters. The molecule has 0 saturated heterocycles. The molecule has 9 nitrogen and oxygen atoms in total. The maximum Gasteiger partial charge on any atom is 0.524 e. The summed E-state index contributed by atoms with van der Waals surface area (Å²) in [6.07, 6.45) is 0.366. The van der Waals surface area contributed by atoms with Crippen molar-refractivity contribution in [2.75, 3.05) is 7.11 Å². The highest BCUT2D eigenvalue weighted by Gasteiger charge is 2.54. The van der Waals surface area contributed by atoms with Crippen LogP contribution in [0.25, 0.3) is 0 Å². The van der Waals surface area contributed by atoms with E-state index in [1.807, 2.05) is 0 Å². The molecule has 3 aromatic carbocycles. The molecule has 2 N–H and O–H groups in total. The first-order chi connectivity index (χ1) is 15.3. The van der Waals surface area contributed by atoms with Crippen LogP contribution in [-0.2, 0) is 14.9 Å². The first kappa shape index (κ1) is 20.3. The molecule has 0 radical (unpaired) electrons. The average molecular weight is 454 g/mol. The maximum absolute atomic E-state index is 12.8. The van der Waals surface area contributed by atoms with E-state index in [9.17, 15) is 23.9 Å². The SMILES string of the molecule is COc1ccc2c(c1)Oc1c(ccc(OP(=O)(O)O)c1C=O)C21OC(=O)c2ccccc21. The topological polar surface area (TPSA) is 129 Å². The van der Waals surface area contributed by atoms with E-state index in [-0.39, 0.29) is 22.8 Å². The van der Waals surface area contributed by atoms with Gasteiger partial charge in [-0.05, 0) is 30.3 Å². The van der Waals surface area contributed by atoms with Crippen molar-refractivity contribution in [3.63, 3.8) is 0 Å². The predicted octanol–water partition coefficient (Wildman–Crippen LogP) is 3.55. The molecule has 0 saturated carbocycles. The molecule has 5 rings (SSSR count). The van der Waals surface area contributed by atoms with E-state index >= 15 is 0 Å². The smallest absolute Gasteiger partial charge is 0.497 e. The molecule has 1 atom stereocenters. The van der Waals surface area contributed by atoms with Crippen LogP contribution in [-0.4, -0.2) is 29.2 Å². The van der Waals surface area contributed by atoms with Crippen molar-refractivity contribution >= 4 is 20.1 Å². The first-order valence-electron chi connectivity index (χ1n) is 9.35. The van der Waals surface area contributed by atoms with Gasteiger partial charge in [0.05, 0.1) is 12.7 Å². The summed E-state index contributed by atoms with van der Waals surface area (Å²) >= 11 is 0. The number of esters is 1. The fourth-order valence-electron chi connectivity index (χ4n) is 4.17. The van der Waals surface area contributed by atoms with Crippen molar-refractivity contribution in [3.05, 3.63) is 82.4 Å². The number of methoxy groups -OCH3 is 1. The number of benzene rings is 3. The Morgan fingerprint density at radius 2 is 1.78 bits per heavy atom. The third-order valence-corrected chi connectivity index (χ3v) is 5.86. The number of fused-ring (bicyclic) bond motifs is 6. The zero-order valence-electron chi connectivity index (χ0n) is 16.5. The Morgan fingerprint density at radius 3 is 2.50 bits per heavy atom. The summed E-state index contributed by atoms with van der Waals surface area (Å²) in [4.78, 5) is 43.3. The van der Waals surface area contributed by atoms with Crippen LogP contribution >= 0.6 is 7.82 Å². The lowest BCUT2D eigenvalue weighted by Crippen LogP contribution is -2.33. The number of carbonyl (C=O) groups is 2. The highest BCUT2D eigenvalue weighted by atomic mass is 31.2. The predicted molar refractivity (Wildman–Crippen MR) is 109 cm³/mol. The molecular formula is C22H15O9P. The van der Waals surface area contributed by atoms with Crippen LogP contribution in [0.3, 0.4) is 0 Å². The standard InChI is InChI=1S/C22H15O9P/c1-28-12-6-7-16-19(10-12)29-20-14(11-23)18(31-32(25,26)27)9-8-17(20)22(16)15-5-3-2-4-13(15)21(24)30-22/h2-11H,1H3,(H2,25,26,27). The molecule has 0 bridgehead atoms. The molecule has 2 heterocycles. The van der Waals surface area contributed by atoms with Gasteiger partial charge in [0.15, 0.2) is 11.9 Å². The van der Waals surface area contributed by atoms with Crippen LogP contribution < -0.4 is 14.0 Å². The summed E-state index contributed by atoms with van der Waals surface area (Å²) in [7, 11) is -3.48. The number of carbonyl (C=O) groups excluding carboxylic acids is 2. The quantitative estimate of drug-likeness (QED) is 0.345. The normalized spacial score (nSPS) is 18.2. The van der Waals surface area contributed by atoms with Gasteiger partial charge in [-0.25, -0.2) is 9.36 Å².